The maximum absolute atomic E-state index is 12.3. The first kappa shape index (κ1) is 18.6. The van der Waals surface area contributed by atoms with Crippen molar-refractivity contribution in [3.05, 3.63) is 60.3 Å². The van der Waals surface area contributed by atoms with E-state index in [1.165, 1.54) is 5.01 Å². The summed E-state index contributed by atoms with van der Waals surface area (Å²) in [6.07, 6.45) is 2.76. The Kier molecular flexibility index (Phi) is 6.51. The number of nitrogens with zero attached hydrogens (tertiary/aromatic N) is 3. The molecule has 27 heavy (non-hydrogen) atoms. The molecule has 1 aliphatic rings. The molecule has 2 heterocycles. The van der Waals surface area contributed by atoms with Gasteiger partial charge in [-0.15, -0.1) is 0 Å². The second kappa shape index (κ2) is 9.47. The first-order chi connectivity index (χ1) is 13.2. The van der Waals surface area contributed by atoms with Crippen LogP contribution in [0.5, 0.6) is 0 Å². The number of hydrogen-bond acceptors (Lipinski definition) is 5. The van der Waals surface area contributed by atoms with E-state index >= 15 is 0 Å². The van der Waals surface area contributed by atoms with Crippen molar-refractivity contribution < 1.29 is 9.59 Å². The molecule has 140 valence electrons. The van der Waals surface area contributed by atoms with E-state index in [4.69, 9.17) is 0 Å². The van der Waals surface area contributed by atoms with Gasteiger partial charge in [0.1, 0.15) is 5.82 Å². The predicted molar refractivity (Wildman–Crippen MR) is 104 cm³/mol. The molecular formula is C20H23N5O2. The fraction of sp³-hybridized carbons (Fsp3) is 0.300. The zero-order chi connectivity index (χ0) is 18.9. The summed E-state index contributed by atoms with van der Waals surface area (Å²) in [7, 11) is 0. The Morgan fingerprint density at radius 3 is 2.59 bits per heavy atom. The van der Waals surface area contributed by atoms with Crippen LogP contribution in [-0.2, 0) is 9.59 Å². The van der Waals surface area contributed by atoms with Gasteiger partial charge < -0.3 is 10.6 Å². The first-order valence-corrected chi connectivity index (χ1v) is 9.07. The molecule has 2 amide bonds. The molecule has 2 N–H and O–H groups in total. The fourth-order valence-electron chi connectivity index (χ4n) is 2.77. The first-order valence-electron chi connectivity index (χ1n) is 9.07. The number of amides is 2. The van der Waals surface area contributed by atoms with Crippen LogP contribution in [0.4, 0.5) is 5.82 Å². The molecular weight excluding hydrogens is 342 g/mol. The summed E-state index contributed by atoms with van der Waals surface area (Å²) in [5.74, 6) is 0.503. The maximum atomic E-state index is 12.3. The van der Waals surface area contributed by atoms with Gasteiger partial charge >= 0.3 is 0 Å². The summed E-state index contributed by atoms with van der Waals surface area (Å²) < 4.78 is 0. The molecule has 0 saturated heterocycles. The minimum Gasteiger partial charge on any atom is -0.368 e. The number of benzene rings is 1. The quantitative estimate of drug-likeness (QED) is 0.701. The van der Waals surface area contributed by atoms with E-state index in [1.54, 1.807) is 6.20 Å². The third-order valence-corrected chi connectivity index (χ3v) is 4.18. The number of rotatable bonds is 8. The molecule has 0 saturated carbocycles. The predicted octanol–water partition coefficient (Wildman–Crippen LogP) is 2.03. The summed E-state index contributed by atoms with van der Waals surface area (Å²) in [6.45, 7) is 1.62. The highest BCUT2D eigenvalue weighted by molar-refractivity contribution is 6.02. The van der Waals surface area contributed by atoms with Crippen LogP contribution in [0.25, 0.3) is 0 Å². The number of aromatic nitrogens is 1. The van der Waals surface area contributed by atoms with Crippen molar-refractivity contribution in [2.45, 2.75) is 19.3 Å². The van der Waals surface area contributed by atoms with Crippen LogP contribution in [-0.4, -0.2) is 47.2 Å². The number of pyridine rings is 1. The van der Waals surface area contributed by atoms with E-state index in [2.05, 4.69) is 20.7 Å². The lowest BCUT2D eigenvalue weighted by atomic mass is 10.1. The Labute approximate surface area is 158 Å². The minimum absolute atomic E-state index is 0.123. The third-order valence-electron chi connectivity index (χ3n) is 4.18. The highest BCUT2D eigenvalue weighted by atomic mass is 16.2. The molecule has 0 spiro atoms. The van der Waals surface area contributed by atoms with E-state index in [1.807, 2.05) is 48.5 Å². The molecule has 3 rings (SSSR count). The van der Waals surface area contributed by atoms with Crippen molar-refractivity contribution in [2.75, 3.05) is 25.0 Å². The van der Waals surface area contributed by atoms with Crippen LogP contribution in [0.2, 0.25) is 0 Å². The Morgan fingerprint density at radius 2 is 1.81 bits per heavy atom. The van der Waals surface area contributed by atoms with Gasteiger partial charge in [0, 0.05) is 38.5 Å². The number of carbonyl (C=O) groups excluding carboxylic acids is 2. The topological polar surface area (TPSA) is 86.7 Å². The van der Waals surface area contributed by atoms with Crippen LogP contribution in [0.15, 0.2) is 59.8 Å². The lowest BCUT2D eigenvalue weighted by Crippen LogP contribution is -2.30. The van der Waals surface area contributed by atoms with Crippen LogP contribution in [0, 0.1) is 0 Å². The summed E-state index contributed by atoms with van der Waals surface area (Å²) in [5.41, 5.74) is 1.94. The molecule has 0 fully saturated rings. The Morgan fingerprint density at radius 1 is 1.00 bits per heavy atom. The highest BCUT2D eigenvalue weighted by Gasteiger charge is 2.21. The summed E-state index contributed by atoms with van der Waals surface area (Å²) >= 11 is 0. The number of hydrazone groups is 1. The summed E-state index contributed by atoms with van der Waals surface area (Å²) in [4.78, 5) is 28.3. The SMILES string of the molecule is O=C(CCC(=O)N1CCC(c2ccccc2)=N1)NCCNc1ccccn1. The van der Waals surface area contributed by atoms with Crippen LogP contribution < -0.4 is 10.6 Å². The van der Waals surface area contributed by atoms with E-state index in [0.29, 0.717) is 19.6 Å². The third kappa shape index (κ3) is 5.64. The zero-order valence-electron chi connectivity index (χ0n) is 15.1. The molecule has 0 radical (unpaired) electrons. The van der Waals surface area contributed by atoms with Gasteiger partial charge in [0.05, 0.1) is 12.3 Å². The fourth-order valence-corrected chi connectivity index (χ4v) is 2.77. The van der Waals surface area contributed by atoms with E-state index in [0.717, 1.165) is 23.5 Å². The number of anilines is 1. The molecule has 1 aliphatic heterocycles. The van der Waals surface area contributed by atoms with Gasteiger partial charge in [-0.3, -0.25) is 9.59 Å². The van der Waals surface area contributed by atoms with E-state index < -0.39 is 0 Å². The van der Waals surface area contributed by atoms with Crippen molar-refractivity contribution >= 4 is 23.3 Å². The summed E-state index contributed by atoms with van der Waals surface area (Å²) in [6, 6.07) is 15.4. The van der Waals surface area contributed by atoms with Crippen molar-refractivity contribution in [1.29, 1.82) is 0 Å². The summed E-state index contributed by atoms with van der Waals surface area (Å²) in [5, 5.41) is 11.8. The molecule has 0 aliphatic carbocycles. The van der Waals surface area contributed by atoms with Gasteiger partial charge in [-0.2, -0.15) is 5.10 Å². The molecule has 1 aromatic carbocycles. The minimum atomic E-state index is -0.141. The second-order valence-electron chi connectivity index (χ2n) is 6.17. The molecule has 2 aromatic rings. The average molecular weight is 365 g/mol. The highest BCUT2D eigenvalue weighted by Crippen LogP contribution is 2.14. The lowest BCUT2D eigenvalue weighted by molar-refractivity contribution is -0.133. The smallest absolute Gasteiger partial charge is 0.243 e. The Hall–Kier alpha value is -3.22. The van der Waals surface area contributed by atoms with Gasteiger partial charge in [-0.25, -0.2) is 9.99 Å². The van der Waals surface area contributed by atoms with Crippen LogP contribution in [0.1, 0.15) is 24.8 Å². The van der Waals surface area contributed by atoms with Crippen molar-refractivity contribution in [1.82, 2.24) is 15.3 Å². The normalized spacial score (nSPS) is 13.2. The number of hydrogen-bond donors (Lipinski definition) is 2. The Bertz CT molecular complexity index is 793. The average Bonchev–Trinajstić information content (AvgIpc) is 3.21. The molecule has 0 bridgehead atoms. The van der Waals surface area contributed by atoms with Crippen LogP contribution in [0.3, 0.4) is 0 Å². The zero-order valence-corrected chi connectivity index (χ0v) is 15.1. The maximum Gasteiger partial charge on any atom is 0.243 e. The van der Waals surface area contributed by atoms with Crippen molar-refractivity contribution in [2.24, 2.45) is 5.10 Å². The van der Waals surface area contributed by atoms with E-state index in [9.17, 15) is 9.59 Å². The molecule has 0 atom stereocenters. The van der Waals surface area contributed by atoms with Gasteiger partial charge in [0.25, 0.3) is 0 Å². The Balaban J connectivity index is 1.35. The molecule has 0 unspecified atom stereocenters. The monoisotopic (exact) mass is 365 g/mol. The standard InChI is InChI=1S/C20H23N5O2/c26-19(23-14-13-22-18-8-4-5-12-21-18)9-10-20(27)25-15-11-17(24-25)16-6-2-1-3-7-16/h1-8,12H,9-11,13-15H2,(H,21,22)(H,23,26). The second-order valence-corrected chi connectivity index (χ2v) is 6.17. The number of nitrogens with one attached hydrogen (secondary N) is 2. The number of carbonyl (C=O) groups is 2. The van der Waals surface area contributed by atoms with Crippen LogP contribution >= 0.6 is 0 Å². The molecule has 1 aromatic heterocycles. The van der Waals surface area contributed by atoms with Gasteiger partial charge in [-0.05, 0) is 17.7 Å². The van der Waals surface area contributed by atoms with Gasteiger partial charge in [0.2, 0.25) is 11.8 Å². The van der Waals surface area contributed by atoms with Crippen molar-refractivity contribution in [3.63, 3.8) is 0 Å². The largest absolute Gasteiger partial charge is 0.368 e. The van der Waals surface area contributed by atoms with Crippen molar-refractivity contribution in [3.8, 4) is 0 Å². The lowest BCUT2D eigenvalue weighted by Gasteiger charge is -2.11. The van der Waals surface area contributed by atoms with Gasteiger partial charge in [-0.1, -0.05) is 36.4 Å². The van der Waals surface area contributed by atoms with E-state index in [-0.39, 0.29) is 24.7 Å². The molecule has 7 nitrogen and oxygen atoms in total. The molecule has 7 heteroatoms. The van der Waals surface area contributed by atoms with Gasteiger partial charge in [0.15, 0.2) is 0 Å².